The van der Waals surface area contributed by atoms with Crippen LogP contribution in [0.15, 0.2) is 24.3 Å². The van der Waals surface area contributed by atoms with Gasteiger partial charge in [-0.3, -0.25) is 9.59 Å². The van der Waals surface area contributed by atoms with Gasteiger partial charge in [-0.05, 0) is 67.0 Å². The molecule has 0 bridgehead atoms. The molecule has 2 aliphatic rings. The van der Waals surface area contributed by atoms with Crippen molar-refractivity contribution in [3.05, 3.63) is 45.1 Å². The quantitative estimate of drug-likeness (QED) is 0.885. The summed E-state index contributed by atoms with van der Waals surface area (Å²) in [4.78, 5) is 28.2. The predicted molar refractivity (Wildman–Crippen MR) is 102 cm³/mol. The van der Waals surface area contributed by atoms with E-state index in [0.29, 0.717) is 5.92 Å². The van der Waals surface area contributed by atoms with Crippen LogP contribution in [0.1, 0.15) is 45.9 Å². The fraction of sp³-hybridized carbons (Fsp3) is 0.400. The molecule has 0 saturated carbocycles. The molecule has 1 aliphatic carbocycles. The lowest BCUT2D eigenvalue weighted by atomic mass is 9.90. The van der Waals surface area contributed by atoms with Crippen molar-refractivity contribution in [1.29, 1.82) is 0 Å². The Bertz CT molecular complexity index is 855. The summed E-state index contributed by atoms with van der Waals surface area (Å²) < 4.78 is 0. The van der Waals surface area contributed by atoms with Gasteiger partial charge in [0, 0.05) is 29.7 Å². The molecule has 2 amide bonds. The summed E-state index contributed by atoms with van der Waals surface area (Å²) >= 11 is 1.63. The molecular formula is C20H22N2O2S. The number of anilines is 2. The molecule has 5 heteroatoms. The van der Waals surface area contributed by atoms with Crippen LogP contribution in [0.4, 0.5) is 11.4 Å². The zero-order chi connectivity index (χ0) is 17.6. The summed E-state index contributed by atoms with van der Waals surface area (Å²) in [6.45, 7) is 4.58. The number of nitrogens with one attached hydrogen (secondary N) is 1. The van der Waals surface area contributed by atoms with Gasteiger partial charge in [0.2, 0.25) is 5.91 Å². The molecule has 1 atom stereocenters. The van der Waals surface area contributed by atoms with Gasteiger partial charge < -0.3 is 10.2 Å². The third kappa shape index (κ3) is 3.09. The van der Waals surface area contributed by atoms with Crippen molar-refractivity contribution in [3.8, 4) is 0 Å². The van der Waals surface area contributed by atoms with Crippen molar-refractivity contribution < 1.29 is 9.59 Å². The smallest absolute Gasteiger partial charge is 0.265 e. The first-order valence-electron chi connectivity index (χ1n) is 8.85. The van der Waals surface area contributed by atoms with Crippen LogP contribution in [-0.2, 0) is 24.1 Å². The fourth-order valence-corrected chi connectivity index (χ4v) is 4.92. The van der Waals surface area contributed by atoms with Gasteiger partial charge in [0.25, 0.3) is 5.91 Å². The summed E-state index contributed by atoms with van der Waals surface area (Å²) in [5.41, 5.74) is 4.23. The van der Waals surface area contributed by atoms with Crippen LogP contribution in [0, 0.1) is 5.92 Å². The Kier molecular flexibility index (Phi) is 4.12. The van der Waals surface area contributed by atoms with Crippen LogP contribution in [0.5, 0.6) is 0 Å². The second kappa shape index (κ2) is 6.30. The molecular weight excluding hydrogens is 332 g/mol. The van der Waals surface area contributed by atoms with Gasteiger partial charge in [-0.25, -0.2) is 0 Å². The number of carbonyl (C=O) groups excluding carboxylic acids is 2. The zero-order valence-corrected chi connectivity index (χ0v) is 15.4. The van der Waals surface area contributed by atoms with E-state index in [-0.39, 0.29) is 11.8 Å². The number of fused-ring (bicyclic) bond motifs is 2. The second-order valence-electron chi connectivity index (χ2n) is 7.13. The summed E-state index contributed by atoms with van der Waals surface area (Å²) in [7, 11) is 0. The summed E-state index contributed by atoms with van der Waals surface area (Å²) in [5, 5.41) is 3.02. The summed E-state index contributed by atoms with van der Waals surface area (Å²) in [5.74, 6) is 0.737. The molecule has 0 spiro atoms. The van der Waals surface area contributed by atoms with E-state index in [0.717, 1.165) is 47.6 Å². The van der Waals surface area contributed by atoms with Gasteiger partial charge in [0.15, 0.2) is 0 Å². The van der Waals surface area contributed by atoms with Crippen molar-refractivity contribution in [1.82, 2.24) is 0 Å². The van der Waals surface area contributed by atoms with Gasteiger partial charge in [-0.15, -0.1) is 11.3 Å². The highest BCUT2D eigenvalue weighted by molar-refractivity contribution is 7.14. The predicted octanol–water partition coefficient (Wildman–Crippen LogP) is 4.03. The highest BCUT2D eigenvalue weighted by Crippen LogP contribution is 2.33. The van der Waals surface area contributed by atoms with E-state index in [1.54, 1.807) is 23.2 Å². The number of hydrogen-bond acceptors (Lipinski definition) is 3. The van der Waals surface area contributed by atoms with Crippen molar-refractivity contribution in [2.45, 2.75) is 39.5 Å². The Labute approximate surface area is 151 Å². The van der Waals surface area contributed by atoms with E-state index in [4.69, 9.17) is 0 Å². The number of aryl methyl sites for hydroxylation is 1. The lowest BCUT2D eigenvalue weighted by Gasteiger charge is -2.16. The minimum Gasteiger partial charge on any atom is -0.321 e. The molecule has 130 valence electrons. The number of hydrogen-bond donors (Lipinski definition) is 1. The first kappa shape index (κ1) is 16.3. The molecule has 0 radical (unpaired) electrons. The molecule has 0 saturated heterocycles. The molecule has 4 nitrogen and oxygen atoms in total. The van der Waals surface area contributed by atoms with Gasteiger partial charge in [0.05, 0.1) is 4.88 Å². The Morgan fingerprint density at radius 3 is 2.84 bits per heavy atom. The molecule has 2 heterocycles. The lowest BCUT2D eigenvalue weighted by molar-refractivity contribution is -0.116. The third-order valence-corrected chi connectivity index (χ3v) is 6.40. The number of carbonyl (C=O) groups is 2. The van der Waals surface area contributed by atoms with Gasteiger partial charge in [-0.2, -0.15) is 0 Å². The van der Waals surface area contributed by atoms with Gasteiger partial charge >= 0.3 is 0 Å². The van der Waals surface area contributed by atoms with E-state index in [9.17, 15) is 9.59 Å². The topological polar surface area (TPSA) is 49.4 Å². The maximum absolute atomic E-state index is 12.6. The van der Waals surface area contributed by atoms with Crippen LogP contribution in [0.3, 0.4) is 0 Å². The van der Waals surface area contributed by atoms with Gasteiger partial charge in [0.1, 0.15) is 0 Å². The van der Waals surface area contributed by atoms with Gasteiger partial charge in [-0.1, -0.05) is 6.92 Å². The average Bonchev–Trinajstić information content (AvgIpc) is 3.17. The Morgan fingerprint density at radius 2 is 2.04 bits per heavy atom. The van der Waals surface area contributed by atoms with E-state index < -0.39 is 0 Å². The summed E-state index contributed by atoms with van der Waals surface area (Å²) in [6.07, 6.45) is 4.23. The average molecular weight is 354 g/mol. The molecule has 1 N–H and O–H groups in total. The highest BCUT2D eigenvalue weighted by atomic mass is 32.1. The van der Waals surface area contributed by atoms with E-state index in [1.807, 2.05) is 18.2 Å². The van der Waals surface area contributed by atoms with Crippen LogP contribution >= 0.6 is 11.3 Å². The molecule has 1 aromatic heterocycles. The number of rotatable bonds is 2. The molecule has 1 aliphatic heterocycles. The maximum Gasteiger partial charge on any atom is 0.265 e. The van der Waals surface area contributed by atoms with E-state index in [1.165, 1.54) is 16.9 Å². The van der Waals surface area contributed by atoms with E-state index in [2.05, 4.69) is 18.3 Å². The highest BCUT2D eigenvalue weighted by Gasteiger charge is 2.23. The molecule has 25 heavy (non-hydrogen) atoms. The largest absolute Gasteiger partial charge is 0.321 e. The molecule has 0 fully saturated rings. The number of thiophene rings is 1. The zero-order valence-electron chi connectivity index (χ0n) is 14.6. The van der Waals surface area contributed by atoms with E-state index >= 15 is 0 Å². The minimum atomic E-state index is -0.0339. The van der Waals surface area contributed by atoms with Crippen molar-refractivity contribution in [3.63, 3.8) is 0 Å². The monoisotopic (exact) mass is 354 g/mol. The molecule has 4 rings (SSSR count). The fourth-order valence-electron chi connectivity index (χ4n) is 3.82. The number of benzene rings is 1. The Hall–Kier alpha value is -2.14. The normalized spacial score (nSPS) is 18.6. The van der Waals surface area contributed by atoms with Crippen molar-refractivity contribution in [2.24, 2.45) is 5.92 Å². The number of nitrogens with zero attached hydrogens (tertiary/aromatic N) is 1. The molecule has 1 aromatic carbocycles. The van der Waals surface area contributed by atoms with Crippen LogP contribution in [-0.4, -0.2) is 18.4 Å². The summed E-state index contributed by atoms with van der Waals surface area (Å²) in [6, 6.07) is 7.87. The first-order chi connectivity index (χ1) is 12.0. The number of amides is 2. The third-order valence-electron chi connectivity index (χ3n) is 5.17. The van der Waals surface area contributed by atoms with Crippen LogP contribution < -0.4 is 10.2 Å². The lowest BCUT2D eigenvalue weighted by Crippen LogP contribution is -2.25. The maximum atomic E-state index is 12.6. The molecule has 2 aromatic rings. The minimum absolute atomic E-state index is 0.0339. The van der Waals surface area contributed by atoms with Crippen LogP contribution in [0.25, 0.3) is 0 Å². The standard InChI is InChI=1S/C20H22N2O2S/c1-12-3-6-18-15(9-12)11-19(25-18)20(24)21-16-4-5-17-14(10-16)7-8-22(17)13(2)23/h4-5,10-12H,3,6-9H2,1-2H3,(H,21,24). The van der Waals surface area contributed by atoms with Crippen molar-refractivity contribution >= 4 is 34.5 Å². The van der Waals surface area contributed by atoms with Crippen LogP contribution in [0.2, 0.25) is 0 Å². The Balaban J connectivity index is 1.51. The SMILES string of the molecule is CC(=O)N1CCc2cc(NC(=O)c3cc4c(s3)CCC(C)C4)ccc21. The van der Waals surface area contributed by atoms with Crippen molar-refractivity contribution in [2.75, 3.05) is 16.8 Å². The molecule has 1 unspecified atom stereocenters. The second-order valence-corrected chi connectivity index (χ2v) is 8.26. The first-order valence-corrected chi connectivity index (χ1v) is 9.67. The Morgan fingerprint density at radius 1 is 1.20 bits per heavy atom.